The number of carbonyl (C=O) groups excluding carboxylic acids is 4. The number of rotatable bonds is 12. The zero-order valence-corrected chi connectivity index (χ0v) is 27.5. The van der Waals surface area contributed by atoms with Crippen LogP contribution in [0.25, 0.3) is 27.9 Å². The molecule has 52 heavy (non-hydrogen) atoms. The molecule has 0 radical (unpaired) electrons. The molecule has 4 atom stereocenters. The van der Waals surface area contributed by atoms with Gasteiger partial charge in [-0.15, -0.1) is 0 Å². The molecule has 0 unspecified atom stereocenters. The van der Waals surface area contributed by atoms with Crippen LogP contribution in [-0.4, -0.2) is 64.5 Å². The van der Waals surface area contributed by atoms with E-state index in [0.717, 1.165) is 10.8 Å². The van der Waals surface area contributed by atoms with Gasteiger partial charge in [-0.1, -0.05) is 60.7 Å². The van der Waals surface area contributed by atoms with Crippen LogP contribution in [0.4, 0.5) is 0 Å². The van der Waals surface area contributed by atoms with Gasteiger partial charge in [-0.2, -0.15) is 0 Å². The summed E-state index contributed by atoms with van der Waals surface area (Å²) in [5.41, 5.74) is 2.59. The minimum Gasteiger partial charge on any atom is -0.547 e. The van der Waals surface area contributed by atoms with Crippen LogP contribution in [0.2, 0.25) is 0 Å². The standard InChI is InChI=1S/C38H32N2O12/c1-21(26(25-15-16-29-30(18-25)49-20-48-29)9-6-12-31-39-27-10-4-5-11-28(27)50-31)40(19-22-13-14-23-7-2-3-8-24(23)17-22)34(41)32-33(35(42)43)52-38(51-32,36(44)45)37(46)47/h2-8,10-18,21,26,32-33H,9,19-20H2,1H3,(H,42,43)(H,44,45)(H,46,47)/p-3/b12-6+/t21-,26-,32-,33-/m0/s1. The van der Waals surface area contributed by atoms with Crippen LogP contribution >= 0.6 is 0 Å². The van der Waals surface area contributed by atoms with Gasteiger partial charge in [-0.05, 0) is 71.7 Å². The molecule has 266 valence electrons. The summed E-state index contributed by atoms with van der Waals surface area (Å²) in [7, 11) is 0. The Hall–Kier alpha value is -6.25. The van der Waals surface area contributed by atoms with Crippen molar-refractivity contribution in [1.29, 1.82) is 0 Å². The molecular weight excluding hydrogens is 676 g/mol. The number of carboxylic acids is 3. The molecular formula is C38H29N2O12-3. The second-order valence-electron chi connectivity index (χ2n) is 12.4. The van der Waals surface area contributed by atoms with Crippen LogP contribution in [0.5, 0.6) is 11.5 Å². The van der Waals surface area contributed by atoms with Gasteiger partial charge in [0.05, 0.1) is 5.97 Å². The maximum absolute atomic E-state index is 14.5. The third kappa shape index (κ3) is 6.40. The van der Waals surface area contributed by atoms with Crippen molar-refractivity contribution >= 4 is 51.8 Å². The predicted molar refractivity (Wildman–Crippen MR) is 174 cm³/mol. The summed E-state index contributed by atoms with van der Waals surface area (Å²) in [6.45, 7) is 1.60. The highest BCUT2D eigenvalue weighted by atomic mass is 16.8. The van der Waals surface area contributed by atoms with E-state index in [0.29, 0.717) is 39.6 Å². The fraction of sp³-hybridized carbons (Fsp3) is 0.237. The van der Waals surface area contributed by atoms with Crippen molar-refractivity contribution in [3.05, 3.63) is 108 Å². The van der Waals surface area contributed by atoms with Gasteiger partial charge in [0.2, 0.25) is 12.7 Å². The molecule has 0 N–H and O–H groups in total. The number of oxazole rings is 1. The number of aromatic nitrogens is 1. The summed E-state index contributed by atoms with van der Waals surface area (Å²) >= 11 is 0. The number of fused-ring (bicyclic) bond motifs is 3. The Kier molecular flexibility index (Phi) is 9.09. The quantitative estimate of drug-likeness (QED) is 0.167. The molecule has 0 bridgehead atoms. The Morgan fingerprint density at radius 3 is 2.33 bits per heavy atom. The molecule has 1 saturated heterocycles. The van der Waals surface area contributed by atoms with Crippen molar-refractivity contribution in [1.82, 2.24) is 9.88 Å². The molecule has 0 spiro atoms. The second-order valence-corrected chi connectivity index (χ2v) is 12.4. The largest absolute Gasteiger partial charge is 0.547 e. The van der Waals surface area contributed by atoms with E-state index in [4.69, 9.17) is 23.4 Å². The second kappa shape index (κ2) is 13.8. The van der Waals surface area contributed by atoms with E-state index in [1.165, 1.54) is 4.90 Å². The maximum Gasteiger partial charge on any atom is 0.255 e. The van der Waals surface area contributed by atoms with Gasteiger partial charge in [0.1, 0.15) is 23.6 Å². The molecule has 7 rings (SSSR count). The lowest BCUT2D eigenvalue weighted by molar-refractivity contribution is -0.375. The van der Waals surface area contributed by atoms with Crippen LogP contribution in [0.15, 0.2) is 95.4 Å². The number of hydrogen-bond acceptors (Lipinski definition) is 13. The normalized spacial score (nSPS) is 18.8. The molecule has 2 aliphatic heterocycles. The lowest BCUT2D eigenvalue weighted by atomic mass is 9.87. The van der Waals surface area contributed by atoms with Crippen molar-refractivity contribution in [2.75, 3.05) is 6.79 Å². The van der Waals surface area contributed by atoms with Gasteiger partial charge >= 0.3 is 0 Å². The van der Waals surface area contributed by atoms with Crippen LogP contribution in [0.1, 0.15) is 36.3 Å². The number of hydrogen-bond donors (Lipinski definition) is 0. The third-order valence-electron chi connectivity index (χ3n) is 9.18. The summed E-state index contributed by atoms with van der Waals surface area (Å²) < 4.78 is 26.9. The molecule has 5 aromatic rings. The number of nitrogens with zero attached hydrogens (tertiary/aromatic N) is 2. The third-order valence-corrected chi connectivity index (χ3v) is 9.18. The summed E-state index contributed by atoms with van der Waals surface area (Å²) in [5.74, 6) is -10.9. The van der Waals surface area contributed by atoms with Gasteiger partial charge in [-0.25, -0.2) is 4.98 Å². The molecule has 1 aromatic heterocycles. The summed E-state index contributed by atoms with van der Waals surface area (Å²) in [6.07, 6.45) is -0.925. The number of allylic oxidation sites excluding steroid dienone is 1. The molecule has 4 aromatic carbocycles. The molecule has 1 amide bonds. The van der Waals surface area contributed by atoms with Gasteiger partial charge in [0.25, 0.3) is 11.7 Å². The topological polar surface area (TPSA) is 204 Å². The van der Waals surface area contributed by atoms with Crippen LogP contribution in [0.3, 0.4) is 0 Å². The van der Waals surface area contributed by atoms with E-state index in [-0.39, 0.29) is 19.8 Å². The Labute approximate surface area is 295 Å². The highest BCUT2D eigenvalue weighted by Crippen LogP contribution is 2.39. The Morgan fingerprint density at radius 1 is 0.865 bits per heavy atom. The van der Waals surface area contributed by atoms with E-state index in [1.807, 2.05) is 60.7 Å². The highest BCUT2D eigenvalue weighted by Gasteiger charge is 2.55. The van der Waals surface area contributed by atoms with Gasteiger partial charge in [0, 0.05) is 18.5 Å². The monoisotopic (exact) mass is 705 g/mol. The van der Waals surface area contributed by atoms with Crippen LogP contribution in [0, 0.1) is 0 Å². The van der Waals surface area contributed by atoms with E-state index >= 15 is 0 Å². The Balaban J connectivity index is 1.29. The molecule has 3 heterocycles. The first-order chi connectivity index (χ1) is 25.0. The van der Waals surface area contributed by atoms with Crippen molar-refractivity contribution in [2.24, 2.45) is 0 Å². The van der Waals surface area contributed by atoms with E-state index in [9.17, 15) is 34.5 Å². The fourth-order valence-electron chi connectivity index (χ4n) is 6.51. The average molecular weight is 706 g/mol. The van der Waals surface area contributed by atoms with Crippen LogP contribution in [-0.2, 0) is 35.2 Å². The van der Waals surface area contributed by atoms with Gasteiger partial charge in [-0.3, -0.25) is 4.79 Å². The summed E-state index contributed by atoms with van der Waals surface area (Å²) in [5, 5.41) is 37.8. The smallest absolute Gasteiger partial charge is 0.255 e. The number of para-hydroxylation sites is 2. The van der Waals surface area contributed by atoms with Gasteiger partial charge in [0.15, 0.2) is 23.2 Å². The Morgan fingerprint density at radius 2 is 1.58 bits per heavy atom. The number of ether oxygens (including phenoxy) is 4. The first-order valence-electron chi connectivity index (χ1n) is 16.2. The van der Waals surface area contributed by atoms with Gasteiger partial charge < -0.3 is 58.0 Å². The molecule has 14 nitrogen and oxygen atoms in total. The maximum atomic E-state index is 14.5. The average Bonchev–Trinajstić information content (AvgIpc) is 3.89. The molecule has 0 aliphatic carbocycles. The summed E-state index contributed by atoms with van der Waals surface area (Å²) in [6, 6.07) is 24.8. The number of carbonyl (C=O) groups is 4. The van der Waals surface area contributed by atoms with Crippen molar-refractivity contribution in [3.63, 3.8) is 0 Å². The number of amides is 1. The van der Waals surface area contributed by atoms with Crippen molar-refractivity contribution in [3.8, 4) is 11.5 Å². The molecule has 2 aliphatic rings. The minimum absolute atomic E-state index is 0.0193. The van der Waals surface area contributed by atoms with E-state index < -0.39 is 53.8 Å². The molecule has 14 heteroatoms. The number of benzene rings is 4. The Bertz CT molecular complexity index is 2180. The van der Waals surface area contributed by atoms with E-state index in [2.05, 4.69) is 4.98 Å². The predicted octanol–water partition coefficient (Wildman–Crippen LogP) is 1.04. The zero-order chi connectivity index (χ0) is 36.6. The van der Waals surface area contributed by atoms with Crippen LogP contribution < -0.4 is 24.8 Å². The molecule has 0 saturated carbocycles. The first kappa shape index (κ1) is 34.2. The lowest BCUT2D eigenvalue weighted by Crippen LogP contribution is -2.61. The first-order valence-corrected chi connectivity index (χ1v) is 16.2. The highest BCUT2D eigenvalue weighted by molar-refractivity contribution is 6.00. The van der Waals surface area contributed by atoms with E-state index in [1.54, 1.807) is 43.3 Å². The number of carboxylic acid groups (broad SMARTS) is 3. The zero-order valence-electron chi connectivity index (χ0n) is 27.5. The number of aliphatic carboxylic acids is 3. The SMILES string of the molecule is C[C@@H]([C@H](C/C=C/c1nc2ccccc2o1)c1ccc2c(c1)OCO2)N(Cc1ccc2ccccc2c1)C(=O)[C@H]1OC(C(=O)[O-])(C(=O)[O-])O[C@@H]1C(=O)[O-]. The summed E-state index contributed by atoms with van der Waals surface area (Å²) in [4.78, 5) is 56.4. The lowest BCUT2D eigenvalue weighted by Gasteiger charge is -2.37. The molecule has 1 fully saturated rings. The van der Waals surface area contributed by atoms with Crippen molar-refractivity contribution < 1.29 is 57.9 Å². The van der Waals surface area contributed by atoms with Crippen molar-refractivity contribution in [2.45, 2.75) is 49.8 Å². The minimum atomic E-state index is -3.68. The fourth-order valence-corrected chi connectivity index (χ4v) is 6.51.